The van der Waals surface area contributed by atoms with Gasteiger partial charge in [-0.25, -0.2) is 4.39 Å². The normalized spacial score (nSPS) is 10.2. The number of anilines is 4. The molecule has 0 saturated carbocycles. The fourth-order valence-corrected chi connectivity index (χ4v) is 1.59. The van der Waals surface area contributed by atoms with Crippen molar-refractivity contribution in [2.45, 2.75) is 6.92 Å². The van der Waals surface area contributed by atoms with Crippen LogP contribution in [0.25, 0.3) is 0 Å². The lowest BCUT2D eigenvalue weighted by Crippen LogP contribution is -2.15. The van der Waals surface area contributed by atoms with Gasteiger partial charge in [-0.15, -0.1) is 0 Å². The fraction of sp³-hybridized carbons (Fsp3) is 0.308. The topological polar surface area (TPSA) is 66.0 Å². The molecule has 0 aliphatic carbocycles. The minimum absolute atomic E-state index is 0.289. The van der Waals surface area contributed by atoms with E-state index in [1.54, 1.807) is 24.1 Å². The molecule has 0 atom stereocenters. The van der Waals surface area contributed by atoms with Crippen LogP contribution >= 0.6 is 0 Å². The van der Waals surface area contributed by atoms with Crippen molar-refractivity contribution in [1.29, 1.82) is 0 Å². The maximum Gasteiger partial charge on any atom is 0.233 e. The summed E-state index contributed by atoms with van der Waals surface area (Å²) >= 11 is 0. The number of aromatic nitrogens is 3. The molecule has 0 radical (unpaired) electrons. The van der Waals surface area contributed by atoms with Gasteiger partial charge >= 0.3 is 0 Å². The van der Waals surface area contributed by atoms with Crippen molar-refractivity contribution in [2.24, 2.45) is 0 Å². The quantitative estimate of drug-likeness (QED) is 0.892. The third kappa shape index (κ3) is 3.11. The number of halogens is 1. The first kappa shape index (κ1) is 14.0. The summed E-state index contributed by atoms with van der Waals surface area (Å²) in [6.45, 7) is 1.89. The van der Waals surface area contributed by atoms with Crippen molar-refractivity contribution in [3.63, 3.8) is 0 Å². The number of rotatable bonds is 4. The minimum atomic E-state index is -0.353. The molecule has 0 unspecified atom stereocenters. The first-order valence-corrected chi connectivity index (χ1v) is 6.14. The number of hydrogen-bond donors (Lipinski definition) is 2. The van der Waals surface area contributed by atoms with E-state index in [4.69, 9.17) is 0 Å². The monoisotopic (exact) mass is 276 g/mol. The lowest BCUT2D eigenvalue weighted by atomic mass is 10.2. The van der Waals surface area contributed by atoms with Crippen molar-refractivity contribution in [1.82, 2.24) is 15.0 Å². The van der Waals surface area contributed by atoms with Crippen molar-refractivity contribution in [3.05, 3.63) is 29.6 Å². The van der Waals surface area contributed by atoms with Gasteiger partial charge in [0, 0.05) is 21.1 Å². The van der Waals surface area contributed by atoms with Gasteiger partial charge in [-0.1, -0.05) is 6.07 Å². The number of nitrogens with one attached hydrogen (secondary N) is 2. The third-order valence-corrected chi connectivity index (χ3v) is 2.62. The summed E-state index contributed by atoms with van der Waals surface area (Å²) in [7, 11) is 5.36. The lowest BCUT2D eigenvalue weighted by Gasteiger charge is -2.13. The Balaban J connectivity index is 2.37. The second kappa shape index (κ2) is 5.68. The average molecular weight is 276 g/mol. The highest BCUT2D eigenvalue weighted by Crippen LogP contribution is 2.20. The third-order valence-electron chi connectivity index (χ3n) is 2.62. The van der Waals surface area contributed by atoms with E-state index in [1.807, 2.05) is 21.0 Å². The van der Waals surface area contributed by atoms with Gasteiger partial charge in [0.1, 0.15) is 5.82 Å². The van der Waals surface area contributed by atoms with Crippen LogP contribution in [0.4, 0.5) is 27.9 Å². The van der Waals surface area contributed by atoms with Crippen LogP contribution < -0.4 is 15.5 Å². The predicted molar refractivity (Wildman–Crippen MR) is 78.1 cm³/mol. The van der Waals surface area contributed by atoms with Gasteiger partial charge in [0.05, 0.1) is 5.69 Å². The van der Waals surface area contributed by atoms with Crippen molar-refractivity contribution >= 4 is 23.5 Å². The zero-order chi connectivity index (χ0) is 14.7. The van der Waals surface area contributed by atoms with Crippen molar-refractivity contribution in [2.75, 3.05) is 36.7 Å². The fourth-order valence-electron chi connectivity index (χ4n) is 1.59. The van der Waals surface area contributed by atoms with Crippen LogP contribution in [0.2, 0.25) is 0 Å². The van der Waals surface area contributed by atoms with E-state index >= 15 is 0 Å². The van der Waals surface area contributed by atoms with Gasteiger partial charge < -0.3 is 15.5 Å². The molecule has 0 fully saturated rings. The highest BCUT2D eigenvalue weighted by molar-refractivity contribution is 5.57. The first-order valence-electron chi connectivity index (χ1n) is 6.14. The Bertz CT molecular complexity index is 614. The summed E-state index contributed by atoms with van der Waals surface area (Å²) in [5.74, 6) is 0.838. The molecule has 0 saturated heterocycles. The SMILES string of the molecule is CNc1nc(Nc2cc(C)ccc2F)nc(N(C)C)n1. The molecule has 6 nitrogen and oxygen atoms in total. The predicted octanol–water partition coefficient (Wildman–Crippen LogP) is 2.17. The minimum Gasteiger partial charge on any atom is -0.357 e. The summed E-state index contributed by atoms with van der Waals surface area (Å²) in [6, 6.07) is 4.82. The van der Waals surface area contributed by atoms with E-state index in [1.165, 1.54) is 6.07 Å². The van der Waals surface area contributed by atoms with E-state index in [9.17, 15) is 4.39 Å². The molecule has 0 amide bonds. The largest absolute Gasteiger partial charge is 0.357 e. The molecule has 0 bridgehead atoms. The van der Waals surface area contributed by atoms with Crippen molar-refractivity contribution < 1.29 is 4.39 Å². The molecular weight excluding hydrogens is 259 g/mol. The van der Waals surface area contributed by atoms with Gasteiger partial charge in [-0.05, 0) is 24.6 Å². The molecule has 0 aliphatic heterocycles. The Labute approximate surface area is 117 Å². The molecule has 1 heterocycles. The molecule has 1 aromatic carbocycles. The Morgan fingerprint density at radius 2 is 1.80 bits per heavy atom. The summed E-state index contributed by atoms with van der Waals surface area (Å²) in [5.41, 5.74) is 1.28. The number of benzene rings is 1. The average Bonchev–Trinajstić information content (AvgIpc) is 2.42. The highest BCUT2D eigenvalue weighted by atomic mass is 19.1. The Hall–Kier alpha value is -2.44. The van der Waals surface area contributed by atoms with Gasteiger partial charge in [-0.3, -0.25) is 0 Å². The lowest BCUT2D eigenvalue weighted by molar-refractivity contribution is 0.631. The maximum absolute atomic E-state index is 13.7. The molecule has 20 heavy (non-hydrogen) atoms. The molecule has 2 rings (SSSR count). The van der Waals surface area contributed by atoms with Crippen LogP contribution in [0.15, 0.2) is 18.2 Å². The summed E-state index contributed by atoms with van der Waals surface area (Å²) in [4.78, 5) is 14.3. The van der Waals surface area contributed by atoms with E-state index < -0.39 is 0 Å². The van der Waals surface area contributed by atoms with E-state index in [2.05, 4.69) is 25.6 Å². The summed E-state index contributed by atoms with van der Waals surface area (Å²) < 4.78 is 13.7. The standard InChI is InChI=1S/C13H17FN6/c1-8-5-6-9(14)10(7-8)16-12-17-11(15-2)18-13(19-12)20(3)4/h5-7H,1-4H3,(H2,15,16,17,18,19). The zero-order valence-corrected chi connectivity index (χ0v) is 11.9. The van der Waals surface area contributed by atoms with Gasteiger partial charge in [0.25, 0.3) is 0 Å². The second-order valence-corrected chi connectivity index (χ2v) is 4.54. The van der Waals surface area contributed by atoms with Crippen molar-refractivity contribution in [3.8, 4) is 0 Å². The van der Waals surface area contributed by atoms with E-state index in [-0.39, 0.29) is 11.8 Å². The van der Waals surface area contributed by atoms with Crippen LogP contribution in [-0.4, -0.2) is 36.1 Å². The first-order chi connectivity index (χ1) is 9.49. The van der Waals surface area contributed by atoms with Crippen LogP contribution in [0, 0.1) is 12.7 Å². The molecular formula is C13H17FN6. The molecule has 0 spiro atoms. The molecule has 2 N–H and O–H groups in total. The van der Waals surface area contributed by atoms with Crippen LogP contribution in [0.1, 0.15) is 5.56 Å². The van der Waals surface area contributed by atoms with Crippen LogP contribution in [0.3, 0.4) is 0 Å². The van der Waals surface area contributed by atoms with Gasteiger partial charge in [0.2, 0.25) is 17.8 Å². The molecule has 2 aromatic rings. The zero-order valence-electron chi connectivity index (χ0n) is 11.9. The Morgan fingerprint density at radius 3 is 2.45 bits per heavy atom. The molecule has 106 valence electrons. The van der Waals surface area contributed by atoms with Gasteiger partial charge in [0.15, 0.2) is 0 Å². The Kier molecular flexibility index (Phi) is 3.97. The van der Waals surface area contributed by atoms with E-state index in [0.29, 0.717) is 17.6 Å². The maximum atomic E-state index is 13.7. The summed E-state index contributed by atoms with van der Waals surface area (Å²) in [6.07, 6.45) is 0. The molecule has 1 aromatic heterocycles. The van der Waals surface area contributed by atoms with E-state index in [0.717, 1.165) is 5.56 Å². The second-order valence-electron chi connectivity index (χ2n) is 4.54. The summed E-state index contributed by atoms with van der Waals surface area (Å²) in [5, 5.41) is 5.73. The van der Waals surface area contributed by atoms with Crippen LogP contribution in [-0.2, 0) is 0 Å². The number of nitrogens with zero attached hydrogens (tertiary/aromatic N) is 4. The molecule has 7 heteroatoms. The van der Waals surface area contributed by atoms with Gasteiger partial charge in [-0.2, -0.15) is 15.0 Å². The highest BCUT2D eigenvalue weighted by Gasteiger charge is 2.09. The Morgan fingerprint density at radius 1 is 1.10 bits per heavy atom. The smallest absolute Gasteiger partial charge is 0.233 e. The van der Waals surface area contributed by atoms with Crippen LogP contribution in [0.5, 0.6) is 0 Å². The molecule has 0 aliphatic rings. The number of hydrogen-bond acceptors (Lipinski definition) is 6. The number of aryl methyl sites for hydroxylation is 1.